The second-order valence-corrected chi connectivity index (χ2v) is 3.78. The second-order valence-electron chi connectivity index (χ2n) is 2.45. The van der Waals surface area contributed by atoms with Crippen LogP contribution in [0.15, 0.2) is 29.2 Å². The standard InChI is InChI=1S/C9H13NOS/c1-2-12-8-5-3-7(4-6-8)9(10)11/h3-6,9,11H,2,10H2,1H3. The topological polar surface area (TPSA) is 46.2 Å². The van der Waals surface area contributed by atoms with Crippen LogP contribution in [-0.4, -0.2) is 10.9 Å². The first-order valence-corrected chi connectivity index (χ1v) is 4.89. The highest BCUT2D eigenvalue weighted by molar-refractivity contribution is 7.99. The van der Waals surface area contributed by atoms with Crippen LogP contribution >= 0.6 is 11.8 Å². The highest BCUT2D eigenvalue weighted by Gasteiger charge is 1.99. The Hall–Kier alpha value is -0.510. The van der Waals surface area contributed by atoms with Crippen LogP contribution in [0.1, 0.15) is 18.7 Å². The van der Waals surface area contributed by atoms with E-state index in [0.29, 0.717) is 0 Å². The average molecular weight is 183 g/mol. The zero-order chi connectivity index (χ0) is 8.97. The molecule has 0 amide bonds. The lowest BCUT2D eigenvalue weighted by Crippen LogP contribution is -2.07. The predicted octanol–water partition coefficient (Wildman–Crippen LogP) is 1.75. The van der Waals surface area contributed by atoms with Gasteiger partial charge in [0, 0.05) is 4.90 Å². The molecule has 0 fully saturated rings. The molecule has 12 heavy (non-hydrogen) atoms. The van der Waals surface area contributed by atoms with Crippen molar-refractivity contribution >= 4 is 11.8 Å². The molecule has 0 heterocycles. The van der Waals surface area contributed by atoms with E-state index in [2.05, 4.69) is 6.92 Å². The van der Waals surface area contributed by atoms with E-state index in [0.717, 1.165) is 11.3 Å². The first-order valence-electron chi connectivity index (χ1n) is 3.90. The Labute approximate surface area is 76.8 Å². The summed E-state index contributed by atoms with van der Waals surface area (Å²) < 4.78 is 0. The second kappa shape index (κ2) is 4.50. The molecule has 0 aliphatic carbocycles. The molecular formula is C9H13NOS. The molecule has 3 heteroatoms. The summed E-state index contributed by atoms with van der Waals surface area (Å²) in [6, 6.07) is 7.64. The molecular weight excluding hydrogens is 170 g/mol. The molecule has 0 aromatic heterocycles. The Bertz CT molecular complexity index is 233. The van der Waals surface area contributed by atoms with Gasteiger partial charge in [-0.05, 0) is 23.4 Å². The van der Waals surface area contributed by atoms with Crippen molar-refractivity contribution in [3.8, 4) is 0 Å². The summed E-state index contributed by atoms with van der Waals surface area (Å²) in [5.74, 6) is 1.06. The van der Waals surface area contributed by atoms with Crippen molar-refractivity contribution in [2.24, 2.45) is 5.73 Å². The quantitative estimate of drug-likeness (QED) is 0.554. The maximum Gasteiger partial charge on any atom is 0.128 e. The van der Waals surface area contributed by atoms with Gasteiger partial charge in [-0.2, -0.15) is 0 Å². The van der Waals surface area contributed by atoms with E-state index in [1.807, 2.05) is 24.3 Å². The fourth-order valence-corrected chi connectivity index (χ4v) is 1.59. The third-order valence-corrected chi connectivity index (χ3v) is 2.43. The molecule has 0 radical (unpaired) electrons. The van der Waals surface area contributed by atoms with Crippen molar-refractivity contribution in [1.82, 2.24) is 0 Å². The summed E-state index contributed by atoms with van der Waals surface area (Å²) in [5.41, 5.74) is 6.05. The monoisotopic (exact) mass is 183 g/mol. The minimum Gasteiger partial charge on any atom is -0.375 e. The zero-order valence-corrected chi connectivity index (χ0v) is 7.84. The van der Waals surface area contributed by atoms with Crippen molar-refractivity contribution in [2.75, 3.05) is 5.75 Å². The summed E-state index contributed by atoms with van der Waals surface area (Å²) >= 11 is 1.77. The summed E-state index contributed by atoms with van der Waals surface area (Å²) in [7, 11) is 0. The summed E-state index contributed by atoms with van der Waals surface area (Å²) in [6.45, 7) is 2.11. The van der Waals surface area contributed by atoms with Gasteiger partial charge in [0.2, 0.25) is 0 Å². The van der Waals surface area contributed by atoms with Gasteiger partial charge < -0.3 is 10.8 Å². The minimum absolute atomic E-state index is 0.760. The van der Waals surface area contributed by atoms with Crippen LogP contribution in [-0.2, 0) is 0 Å². The number of nitrogens with two attached hydrogens (primary N) is 1. The zero-order valence-electron chi connectivity index (χ0n) is 7.03. The molecule has 1 aromatic carbocycles. The summed E-state index contributed by atoms with van der Waals surface area (Å²) in [5, 5.41) is 9.02. The number of hydrogen-bond donors (Lipinski definition) is 2. The Morgan fingerprint density at radius 3 is 2.42 bits per heavy atom. The van der Waals surface area contributed by atoms with E-state index in [-0.39, 0.29) is 0 Å². The van der Waals surface area contributed by atoms with E-state index < -0.39 is 6.23 Å². The molecule has 0 aliphatic heterocycles. The smallest absolute Gasteiger partial charge is 0.128 e. The van der Waals surface area contributed by atoms with Crippen LogP contribution in [0.25, 0.3) is 0 Å². The third kappa shape index (κ3) is 2.52. The molecule has 0 saturated heterocycles. The van der Waals surface area contributed by atoms with Gasteiger partial charge in [0.15, 0.2) is 0 Å². The van der Waals surface area contributed by atoms with E-state index in [4.69, 9.17) is 10.8 Å². The molecule has 0 aliphatic rings. The molecule has 2 nitrogen and oxygen atoms in total. The average Bonchev–Trinajstić information content (AvgIpc) is 2.06. The van der Waals surface area contributed by atoms with Gasteiger partial charge in [-0.1, -0.05) is 19.1 Å². The molecule has 0 spiro atoms. The molecule has 1 aromatic rings. The van der Waals surface area contributed by atoms with Crippen molar-refractivity contribution in [3.05, 3.63) is 29.8 Å². The molecule has 1 unspecified atom stereocenters. The fraction of sp³-hybridized carbons (Fsp3) is 0.333. The third-order valence-electron chi connectivity index (χ3n) is 1.53. The first kappa shape index (κ1) is 9.58. The lowest BCUT2D eigenvalue weighted by molar-refractivity contribution is 0.186. The van der Waals surface area contributed by atoms with Crippen molar-refractivity contribution in [1.29, 1.82) is 0 Å². The van der Waals surface area contributed by atoms with Crippen LogP contribution < -0.4 is 5.73 Å². The van der Waals surface area contributed by atoms with Crippen LogP contribution in [0, 0.1) is 0 Å². The van der Waals surface area contributed by atoms with E-state index in [9.17, 15) is 0 Å². The highest BCUT2D eigenvalue weighted by atomic mass is 32.2. The normalized spacial score (nSPS) is 12.9. The van der Waals surface area contributed by atoms with Crippen LogP contribution in [0.5, 0.6) is 0 Å². The van der Waals surface area contributed by atoms with Crippen molar-refractivity contribution in [2.45, 2.75) is 18.0 Å². The van der Waals surface area contributed by atoms with Gasteiger partial charge >= 0.3 is 0 Å². The van der Waals surface area contributed by atoms with Gasteiger partial charge in [-0.15, -0.1) is 11.8 Å². The van der Waals surface area contributed by atoms with Crippen LogP contribution in [0.4, 0.5) is 0 Å². The van der Waals surface area contributed by atoms with Gasteiger partial charge in [0.1, 0.15) is 6.23 Å². The molecule has 1 rings (SSSR count). The van der Waals surface area contributed by atoms with Crippen molar-refractivity contribution < 1.29 is 5.11 Å². The van der Waals surface area contributed by atoms with Crippen molar-refractivity contribution in [3.63, 3.8) is 0 Å². The largest absolute Gasteiger partial charge is 0.375 e. The SMILES string of the molecule is CCSc1ccc(C(N)O)cc1. The maximum absolute atomic E-state index is 9.02. The van der Waals surface area contributed by atoms with Gasteiger partial charge in [0.25, 0.3) is 0 Å². The number of rotatable bonds is 3. The number of aliphatic hydroxyl groups excluding tert-OH is 1. The predicted molar refractivity (Wildman–Crippen MR) is 52.0 cm³/mol. The number of aliphatic hydroxyl groups is 1. The molecule has 0 bridgehead atoms. The van der Waals surface area contributed by atoms with Gasteiger partial charge in [-0.3, -0.25) is 0 Å². The van der Waals surface area contributed by atoms with Gasteiger partial charge in [-0.25, -0.2) is 0 Å². The van der Waals surface area contributed by atoms with Crippen LogP contribution in [0.2, 0.25) is 0 Å². The van der Waals surface area contributed by atoms with E-state index >= 15 is 0 Å². The number of benzene rings is 1. The molecule has 66 valence electrons. The number of thioether (sulfide) groups is 1. The maximum atomic E-state index is 9.02. The Balaban J connectivity index is 2.71. The van der Waals surface area contributed by atoms with Crippen LogP contribution in [0.3, 0.4) is 0 Å². The fourth-order valence-electron chi connectivity index (χ4n) is 0.928. The highest BCUT2D eigenvalue weighted by Crippen LogP contribution is 2.18. The molecule has 0 saturated carbocycles. The lowest BCUT2D eigenvalue weighted by atomic mass is 10.2. The van der Waals surface area contributed by atoms with Gasteiger partial charge in [0.05, 0.1) is 0 Å². The summed E-state index contributed by atoms with van der Waals surface area (Å²) in [4.78, 5) is 1.21. The lowest BCUT2D eigenvalue weighted by Gasteiger charge is -2.04. The Kier molecular flexibility index (Phi) is 3.59. The van der Waals surface area contributed by atoms with E-state index in [1.165, 1.54) is 4.90 Å². The first-order chi connectivity index (χ1) is 5.74. The Morgan fingerprint density at radius 2 is 2.00 bits per heavy atom. The number of hydrogen-bond acceptors (Lipinski definition) is 3. The molecule has 1 atom stereocenters. The Morgan fingerprint density at radius 1 is 1.42 bits per heavy atom. The summed E-state index contributed by atoms with van der Waals surface area (Å²) in [6.07, 6.45) is -0.856. The molecule has 3 N–H and O–H groups in total. The van der Waals surface area contributed by atoms with E-state index in [1.54, 1.807) is 11.8 Å². The minimum atomic E-state index is -0.856.